The predicted molar refractivity (Wildman–Crippen MR) is 138 cm³/mol. The molecular weight excluding hydrogens is 492 g/mol. The van der Waals surface area contributed by atoms with Crippen LogP contribution in [0.15, 0.2) is 42.5 Å². The van der Waals surface area contributed by atoms with Crippen LogP contribution in [0.25, 0.3) is 0 Å². The molecule has 1 aromatic rings. The van der Waals surface area contributed by atoms with Gasteiger partial charge in [-0.15, -0.1) is 0 Å². The molecule has 2 amide bonds. The Morgan fingerprint density at radius 2 is 1.76 bits per heavy atom. The summed E-state index contributed by atoms with van der Waals surface area (Å²) in [5.41, 5.74) is 0.926. The minimum atomic E-state index is -1.04. The molecule has 0 unspecified atom stereocenters. The second-order valence-electron chi connectivity index (χ2n) is 9.74. The molecule has 2 heterocycles. The summed E-state index contributed by atoms with van der Waals surface area (Å²) in [5, 5.41) is 2.68. The Kier molecular flexibility index (Phi) is 11.3. The van der Waals surface area contributed by atoms with Crippen LogP contribution in [-0.4, -0.2) is 80.3 Å². The molecule has 2 aliphatic heterocycles. The van der Waals surface area contributed by atoms with Gasteiger partial charge in [-0.2, -0.15) is 0 Å². The molecule has 1 saturated heterocycles. The standard InChI is InChI=1S/C28H38N2O8/c1-19-9-7-13-25(31)29-22(17-36-16-21-10-5-4-6-11-21)27(33)37-15-20(2)26(32)30-14-8-12-23(30)28(34)38-18-24(19)35-3/h4-7,9-11,19-20,22-24H,8,12-18H2,1-3H3,(H,29,31)/b9-7+/t19-,20+,22+,23+,24-/m1/s1. The van der Waals surface area contributed by atoms with Gasteiger partial charge in [-0.05, 0) is 18.4 Å². The number of esters is 2. The Hall–Kier alpha value is -3.24. The van der Waals surface area contributed by atoms with Gasteiger partial charge in [-0.1, -0.05) is 56.3 Å². The third-order valence-electron chi connectivity index (χ3n) is 6.74. The summed E-state index contributed by atoms with van der Waals surface area (Å²) in [6.07, 6.45) is 4.28. The lowest BCUT2D eigenvalue weighted by Crippen LogP contribution is -2.47. The Labute approximate surface area is 223 Å². The van der Waals surface area contributed by atoms with Gasteiger partial charge in [0.05, 0.1) is 25.2 Å². The highest BCUT2D eigenvalue weighted by atomic mass is 16.6. The van der Waals surface area contributed by atoms with E-state index in [2.05, 4.69) is 5.32 Å². The van der Waals surface area contributed by atoms with Crippen molar-refractivity contribution in [2.24, 2.45) is 11.8 Å². The maximum atomic E-state index is 13.1. The van der Waals surface area contributed by atoms with E-state index in [0.717, 1.165) is 5.56 Å². The summed E-state index contributed by atoms with van der Waals surface area (Å²) in [5.74, 6) is -2.68. The maximum Gasteiger partial charge on any atom is 0.331 e. The second kappa shape index (κ2) is 14.6. The zero-order valence-electron chi connectivity index (χ0n) is 22.3. The Morgan fingerprint density at radius 1 is 1.03 bits per heavy atom. The van der Waals surface area contributed by atoms with Gasteiger partial charge >= 0.3 is 11.9 Å². The van der Waals surface area contributed by atoms with Crippen LogP contribution >= 0.6 is 0 Å². The van der Waals surface area contributed by atoms with Gasteiger partial charge in [0, 0.05) is 26.0 Å². The lowest BCUT2D eigenvalue weighted by molar-refractivity contribution is -0.160. The van der Waals surface area contributed by atoms with Crippen LogP contribution in [0.5, 0.6) is 0 Å². The van der Waals surface area contributed by atoms with Crippen LogP contribution < -0.4 is 5.32 Å². The molecule has 208 valence electrons. The molecule has 10 heteroatoms. The SMILES string of the molecule is CO[C@@H]1COC(=O)[C@@H]2CCCN2C(=O)[C@@H](C)COC(=O)[C@H](COCc2ccccc2)NC(=O)C/C=C/[C@H]1C. The topological polar surface area (TPSA) is 120 Å². The number of hydrogen-bond acceptors (Lipinski definition) is 8. The van der Waals surface area contributed by atoms with Gasteiger partial charge in [0.2, 0.25) is 11.8 Å². The molecule has 1 N–H and O–H groups in total. The minimum Gasteiger partial charge on any atom is -0.463 e. The number of hydrogen-bond donors (Lipinski definition) is 1. The van der Waals surface area contributed by atoms with E-state index in [9.17, 15) is 19.2 Å². The number of rotatable bonds is 5. The summed E-state index contributed by atoms with van der Waals surface area (Å²) < 4.78 is 22.1. The number of amides is 2. The van der Waals surface area contributed by atoms with Crippen molar-refractivity contribution in [1.29, 1.82) is 0 Å². The van der Waals surface area contributed by atoms with Crippen LogP contribution in [0.1, 0.15) is 38.7 Å². The van der Waals surface area contributed by atoms with E-state index in [1.54, 1.807) is 19.1 Å². The number of methoxy groups -OCH3 is 1. The molecule has 0 bridgehead atoms. The third kappa shape index (κ3) is 8.39. The monoisotopic (exact) mass is 530 g/mol. The number of cyclic esters (lactones) is 2. The van der Waals surface area contributed by atoms with Gasteiger partial charge < -0.3 is 29.2 Å². The zero-order chi connectivity index (χ0) is 27.5. The molecule has 1 aromatic carbocycles. The van der Waals surface area contributed by atoms with Crippen molar-refractivity contribution in [3.8, 4) is 0 Å². The van der Waals surface area contributed by atoms with Gasteiger partial charge in [-0.25, -0.2) is 9.59 Å². The van der Waals surface area contributed by atoms with Crippen molar-refractivity contribution in [2.45, 2.75) is 57.9 Å². The summed E-state index contributed by atoms with van der Waals surface area (Å²) in [4.78, 5) is 52.9. The fourth-order valence-corrected chi connectivity index (χ4v) is 4.44. The van der Waals surface area contributed by atoms with Crippen molar-refractivity contribution in [2.75, 3.05) is 33.5 Å². The first kappa shape index (κ1) is 29.3. The van der Waals surface area contributed by atoms with Crippen LogP contribution in [0.3, 0.4) is 0 Å². The first-order valence-electron chi connectivity index (χ1n) is 13.0. The number of carbonyl (C=O) groups is 4. The molecule has 10 nitrogen and oxygen atoms in total. The molecule has 38 heavy (non-hydrogen) atoms. The Bertz CT molecular complexity index is 982. The van der Waals surface area contributed by atoms with E-state index in [0.29, 0.717) is 19.4 Å². The molecule has 0 aromatic heterocycles. The number of carbonyl (C=O) groups excluding carboxylic acids is 4. The van der Waals surface area contributed by atoms with E-state index in [1.807, 2.05) is 37.3 Å². The molecule has 0 spiro atoms. The summed E-state index contributed by atoms with van der Waals surface area (Å²) >= 11 is 0. The number of fused-ring (bicyclic) bond motifs is 1. The average molecular weight is 531 g/mol. The first-order chi connectivity index (χ1) is 18.3. The van der Waals surface area contributed by atoms with Crippen LogP contribution in [0.4, 0.5) is 0 Å². The molecule has 3 rings (SSSR count). The summed E-state index contributed by atoms with van der Waals surface area (Å²) in [6.45, 7) is 3.96. The highest BCUT2D eigenvalue weighted by Crippen LogP contribution is 2.22. The van der Waals surface area contributed by atoms with Crippen molar-refractivity contribution in [3.63, 3.8) is 0 Å². The molecule has 0 aliphatic carbocycles. The highest BCUT2D eigenvalue weighted by molar-refractivity contribution is 5.87. The number of nitrogens with zero attached hydrogens (tertiary/aromatic N) is 1. The zero-order valence-corrected chi connectivity index (χ0v) is 22.3. The predicted octanol–water partition coefficient (Wildman–Crippen LogP) is 2.01. The molecule has 2 aliphatic rings. The van der Waals surface area contributed by atoms with E-state index >= 15 is 0 Å². The number of ether oxygens (including phenoxy) is 4. The van der Waals surface area contributed by atoms with Gasteiger partial charge in [-0.3, -0.25) is 9.59 Å². The van der Waals surface area contributed by atoms with Gasteiger partial charge in [0.1, 0.15) is 19.3 Å². The minimum absolute atomic E-state index is 0.0228. The van der Waals surface area contributed by atoms with Crippen molar-refractivity contribution >= 4 is 23.8 Å². The normalized spacial score (nSPS) is 28.9. The highest BCUT2D eigenvalue weighted by Gasteiger charge is 2.38. The third-order valence-corrected chi connectivity index (χ3v) is 6.74. The van der Waals surface area contributed by atoms with Crippen molar-refractivity contribution in [1.82, 2.24) is 10.2 Å². The molecular formula is C28H38N2O8. The van der Waals surface area contributed by atoms with Crippen molar-refractivity contribution in [3.05, 3.63) is 48.0 Å². The van der Waals surface area contributed by atoms with E-state index in [1.165, 1.54) is 12.0 Å². The van der Waals surface area contributed by atoms with Crippen molar-refractivity contribution < 1.29 is 38.1 Å². The molecule has 1 fully saturated rings. The van der Waals surface area contributed by atoms with Crippen LogP contribution in [-0.2, 0) is 44.7 Å². The Morgan fingerprint density at radius 3 is 2.50 bits per heavy atom. The molecule has 0 saturated carbocycles. The number of nitrogens with one attached hydrogen (secondary N) is 1. The molecule has 0 radical (unpaired) electrons. The first-order valence-corrected chi connectivity index (χ1v) is 13.0. The van der Waals surface area contributed by atoms with Gasteiger partial charge in [0.15, 0.2) is 6.04 Å². The second-order valence-corrected chi connectivity index (χ2v) is 9.74. The van der Waals surface area contributed by atoms with E-state index < -0.39 is 36.0 Å². The lowest BCUT2D eigenvalue weighted by atomic mass is 10.0. The van der Waals surface area contributed by atoms with E-state index in [-0.39, 0.29) is 50.6 Å². The van der Waals surface area contributed by atoms with Gasteiger partial charge in [0.25, 0.3) is 0 Å². The Balaban J connectivity index is 1.74. The lowest BCUT2D eigenvalue weighted by Gasteiger charge is -2.27. The average Bonchev–Trinajstić information content (AvgIpc) is 3.41. The van der Waals surface area contributed by atoms with Crippen LogP contribution in [0.2, 0.25) is 0 Å². The van der Waals surface area contributed by atoms with E-state index in [4.69, 9.17) is 18.9 Å². The summed E-state index contributed by atoms with van der Waals surface area (Å²) in [7, 11) is 1.53. The fourth-order valence-electron chi connectivity index (χ4n) is 4.44. The maximum absolute atomic E-state index is 13.1. The molecule has 5 atom stereocenters. The fraction of sp³-hybridized carbons (Fsp3) is 0.571. The van der Waals surface area contributed by atoms with Crippen LogP contribution in [0, 0.1) is 11.8 Å². The largest absolute Gasteiger partial charge is 0.463 e. The summed E-state index contributed by atoms with van der Waals surface area (Å²) in [6, 6.07) is 7.74. The smallest absolute Gasteiger partial charge is 0.331 e. The quantitative estimate of drug-likeness (QED) is 0.454. The number of benzene rings is 1.